The summed E-state index contributed by atoms with van der Waals surface area (Å²) in [7, 11) is 0. The Morgan fingerprint density at radius 3 is 1.31 bits per heavy atom. The van der Waals surface area contributed by atoms with E-state index in [1.165, 1.54) is 82.3 Å². The summed E-state index contributed by atoms with van der Waals surface area (Å²) < 4.78 is 4.93. The van der Waals surface area contributed by atoms with E-state index in [0.29, 0.717) is 0 Å². The fourth-order valence-electron chi connectivity index (χ4n) is 7.64. The number of rotatable bonds is 4. The predicted octanol–water partition coefficient (Wildman–Crippen LogP) is 12.4. The molecule has 0 spiro atoms. The highest BCUT2D eigenvalue weighted by molar-refractivity contribution is 6.23. The molecule has 0 unspecified atom stereocenters. The standard InChI is InChI=1S/C46H30N2/c1-2-10-31(11-3-1)33-18-20-34(21-19-33)35-22-25-37(26-23-35)47-43-16-8-6-14-39(43)41-28-29-42-40-15-7-9-17-44(40)48(46(42)45(41)47)38-27-24-32-12-4-5-13-36(32)30-38/h1-30H. The van der Waals surface area contributed by atoms with Gasteiger partial charge in [-0.1, -0.05) is 146 Å². The zero-order chi connectivity index (χ0) is 31.6. The summed E-state index contributed by atoms with van der Waals surface area (Å²) in [5, 5.41) is 7.50. The first kappa shape index (κ1) is 26.8. The largest absolute Gasteiger partial charge is 0.307 e. The van der Waals surface area contributed by atoms with Gasteiger partial charge in [-0.3, -0.25) is 0 Å². The normalized spacial score (nSPS) is 11.8. The molecule has 2 nitrogen and oxygen atoms in total. The molecule has 0 fully saturated rings. The molecular weight excluding hydrogens is 581 g/mol. The molecule has 10 rings (SSSR count). The Morgan fingerprint density at radius 2 is 0.708 bits per heavy atom. The second-order valence-corrected chi connectivity index (χ2v) is 12.6. The van der Waals surface area contributed by atoms with Crippen LogP contribution in [0.2, 0.25) is 0 Å². The van der Waals surface area contributed by atoms with Crippen molar-refractivity contribution in [3.63, 3.8) is 0 Å². The van der Waals surface area contributed by atoms with Crippen LogP contribution in [0.4, 0.5) is 0 Å². The number of aromatic nitrogens is 2. The molecule has 0 bridgehead atoms. The fourth-order valence-corrected chi connectivity index (χ4v) is 7.64. The summed E-state index contributed by atoms with van der Waals surface area (Å²) >= 11 is 0. The van der Waals surface area contributed by atoms with Crippen molar-refractivity contribution < 1.29 is 0 Å². The van der Waals surface area contributed by atoms with Crippen molar-refractivity contribution in [1.82, 2.24) is 9.13 Å². The van der Waals surface area contributed by atoms with E-state index < -0.39 is 0 Å². The Balaban J connectivity index is 1.21. The van der Waals surface area contributed by atoms with Gasteiger partial charge in [-0.25, -0.2) is 0 Å². The molecule has 0 aliphatic carbocycles. The lowest BCUT2D eigenvalue weighted by atomic mass is 10.0. The minimum Gasteiger partial charge on any atom is -0.307 e. The Kier molecular flexibility index (Phi) is 5.91. The van der Waals surface area contributed by atoms with Crippen LogP contribution in [0, 0.1) is 0 Å². The van der Waals surface area contributed by atoms with Crippen molar-refractivity contribution in [2.45, 2.75) is 0 Å². The molecule has 0 aliphatic rings. The van der Waals surface area contributed by atoms with Gasteiger partial charge in [0, 0.05) is 32.9 Å². The fraction of sp³-hybridized carbons (Fsp3) is 0. The van der Waals surface area contributed by atoms with Crippen LogP contribution in [0.25, 0.3) is 88.0 Å². The number of nitrogens with zero attached hydrogens (tertiary/aromatic N) is 2. The highest BCUT2D eigenvalue weighted by Crippen LogP contribution is 2.42. The molecule has 0 saturated heterocycles. The van der Waals surface area contributed by atoms with E-state index in [1.54, 1.807) is 0 Å². The predicted molar refractivity (Wildman–Crippen MR) is 203 cm³/mol. The molecule has 224 valence electrons. The third-order valence-corrected chi connectivity index (χ3v) is 9.91. The first-order valence-corrected chi connectivity index (χ1v) is 16.5. The van der Waals surface area contributed by atoms with Crippen LogP contribution in [-0.2, 0) is 0 Å². The van der Waals surface area contributed by atoms with E-state index in [4.69, 9.17) is 0 Å². The minimum absolute atomic E-state index is 1.15. The zero-order valence-corrected chi connectivity index (χ0v) is 26.2. The summed E-state index contributed by atoms with van der Waals surface area (Å²) in [4.78, 5) is 0. The molecule has 0 N–H and O–H groups in total. The molecule has 48 heavy (non-hydrogen) atoms. The molecule has 0 radical (unpaired) electrons. The maximum absolute atomic E-state index is 2.47. The van der Waals surface area contributed by atoms with Crippen LogP contribution < -0.4 is 0 Å². The van der Waals surface area contributed by atoms with Crippen molar-refractivity contribution >= 4 is 54.4 Å². The van der Waals surface area contributed by atoms with Gasteiger partial charge in [-0.05, 0) is 69.4 Å². The number of hydrogen-bond donors (Lipinski definition) is 0. The Bertz CT molecular complexity index is 2800. The average Bonchev–Trinajstić information content (AvgIpc) is 3.68. The molecule has 2 heterocycles. The number of fused-ring (bicyclic) bond motifs is 8. The number of para-hydroxylation sites is 2. The second-order valence-electron chi connectivity index (χ2n) is 12.6. The molecule has 8 aromatic carbocycles. The lowest BCUT2D eigenvalue weighted by molar-refractivity contribution is 1.15. The van der Waals surface area contributed by atoms with Crippen LogP contribution in [0.1, 0.15) is 0 Å². The summed E-state index contributed by atoms with van der Waals surface area (Å²) in [5.74, 6) is 0. The van der Waals surface area contributed by atoms with Crippen LogP contribution in [-0.4, -0.2) is 9.13 Å². The first-order valence-electron chi connectivity index (χ1n) is 16.5. The highest BCUT2D eigenvalue weighted by Gasteiger charge is 2.21. The third-order valence-electron chi connectivity index (χ3n) is 9.91. The highest BCUT2D eigenvalue weighted by atomic mass is 15.0. The zero-order valence-electron chi connectivity index (χ0n) is 26.2. The topological polar surface area (TPSA) is 9.86 Å². The lowest BCUT2D eigenvalue weighted by Gasteiger charge is -2.14. The molecule has 0 atom stereocenters. The summed E-state index contributed by atoms with van der Waals surface area (Å²) in [6.45, 7) is 0. The maximum Gasteiger partial charge on any atom is 0.0788 e. The van der Waals surface area contributed by atoms with Crippen molar-refractivity contribution in [2.75, 3.05) is 0 Å². The van der Waals surface area contributed by atoms with E-state index in [9.17, 15) is 0 Å². The van der Waals surface area contributed by atoms with Gasteiger partial charge in [0.15, 0.2) is 0 Å². The minimum atomic E-state index is 1.15. The van der Waals surface area contributed by atoms with Crippen molar-refractivity contribution in [2.24, 2.45) is 0 Å². The van der Waals surface area contributed by atoms with Crippen molar-refractivity contribution in [3.8, 4) is 33.6 Å². The SMILES string of the molecule is c1ccc(-c2ccc(-c3ccc(-n4c5ccccc5c5ccc6c7ccccc7n(-c7ccc8ccccc8c7)c6c54)cc3)cc2)cc1. The van der Waals surface area contributed by atoms with E-state index >= 15 is 0 Å². The molecular formula is C46H30N2. The van der Waals surface area contributed by atoms with E-state index in [1.807, 2.05) is 0 Å². The molecule has 2 aromatic heterocycles. The number of hydrogen-bond acceptors (Lipinski definition) is 0. The van der Waals surface area contributed by atoms with E-state index in [-0.39, 0.29) is 0 Å². The van der Waals surface area contributed by atoms with Gasteiger partial charge in [0.2, 0.25) is 0 Å². The summed E-state index contributed by atoms with van der Waals surface area (Å²) in [6.07, 6.45) is 0. The van der Waals surface area contributed by atoms with Crippen LogP contribution in [0.5, 0.6) is 0 Å². The van der Waals surface area contributed by atoms with Crippen LogP contribution in [0.3, 0.4) is 0 Å². The smallest absolute Gasteiger partial charge is 0.0788 e. The van der Waals surface area contributed by atoms with Gasteiger partial charge in [-0.15, -0.1) is 0 Å². The quantitative estimate of drug-likeness (QED) is 0.188. The van der Waals surface area contributed by atoms with E-state index in [0.717, 1.165) is 5.69 Å². The first-order chi connectivity index (χ1) is 23.8. The Morgan fingerprint density at radius 1 is 0.271 bits per heavy atom. The van der Waals surface area contributed by atoms with Crippen LogP contribution in [0.15, 0.2) is 182 Å². The van der Waals surface area contributed by atoms with Gasteiger partial charge in [-0.2, -0.15) is 0 Å². The monoisotopic (exact) mass is 610 g/mol. The average molecular weight is 611 g/mol. The van der Waals surface area contributed by atoms with Gasteiger partial charge < -0.3 is 9.13 Å². The molecule has 0 amide bonds. The second kappa shape index (κ2) is 10.6. The Labute approximate surface area is 278 Å². The molecule has 0 aliphatic heterocycles. The number of benzene rings is 8. The third kappa shape index (κ3) is 4.06. The van der Waals surface area contributed by atoms with Gasteiger partial charge >= 0.3 is 0 Å². The molecule has 2 heteroatoms. The molecule has 10 aromatic rings. The van der Waals surface area contributed by atoms with Gasteiger partial charge in [0.1, 0.15) is 0 Å². The van der Waals surface area contributed by atoms with Crippen molar-refractivity contribution in [1.29, 1.82) is 0 Å². The van der Waals surface area contributed by atoms with Gasteiger partial charge in [0.25, 0.3) is 0 Å². The molecule has 0 saturated carbocycles. The summed E-state index contributed by atoms with van der Waals surface area (Å²) in [5.41, 5.74) is 12.0. The van der Waals surface area contributed by atoms with Crippen molar-refractivity contribution in [3.05, 3.63) is 182 Å². The maximum atomic E-state index is 2.47. The Hall–Kier alpha value is -6.38. The van der Waals surface area contributed by atoms with E-state index in [2.05, 4.69) is 191 Å². The van der Waals surface area contributed by atoms with Gasteiger partial charge in [0.05, 0.1) is 22.1 Å². The lowest BCUT2D eigenvalue weighted by Crippen LogP contribution is -1.99. The van der Waals surface area contributed by atoms with Crippen LogP contribution >= 0.6 is 0 Å². The summed E-state index contributed by atoms with van der Waals surface area (Å²) in [6, 6.07) is 66.2.